The first kappa shape index (κ1) is 32.7. The number of rotatable bonds is 10. The summed E-state index contributed by atoms with van der Waals surface area (Å²) in [6.45, 7) is 10.1. The van der Waals surface area contributed by atoms with E-state index in [1.165, 1.54) is 30.0 Å². The Labute approximate surface area is 239 Å². The molecule has 0 saturated carbocycles. The van der Waals surface area contributed by atoms with Gasteiger partial charge in [-0.1, -0.05) is 23.4 Å². The zero-order chi connectivity index (χ0) is 30.0. The van der Waals surface area contributed by atoms with Gasteiger partial charge in [0.15, 0.2) is 5.16 Å². The summed E-state index contributed by atoms with van der Waals surface area (Å²) in [4.78, 5) is 23.2. The number of nitro benzene ring substituents is 1. The number of hydrogen-bond acceptors (Lipinski definition) is 10. The lowest BCUT2D eigenvalue weighted by atomic mass is 10.2. The number of halogens is 4. The Bertz CT molecular complexity index is 1270. The van der Waals surface area contributed by atoms with Crippen molar-refractivity contribution in [2.75, 3.05) is 23.5 Å². The molecule has 40 heavy (non-hydrogen) atoms. The van der Waals surface area contributed by atoms with Crippen LogP contribution in [0.15, 0.2) is 41.6 Å². The zero-order valence-electron chi connectivity index (χ0n) is 22.7. The molecule has 0 amide bonds. The topological polar surface area (TPSA) is 124 Å². The molecule has 0 bridgehead atoms. The number of benzene rings is 2. The molecule has 0 aliphatic rings. The van der Waals surface area contributed by atoms with E-state index in [-0.39, 0.29) is 34.6 Å². The SMILES string of the molecule is CCOc1cc(Oc2ccc(C(F)(F)F)cc2Cl)ccc1[N+](=O)[O-].CSc1nc(NC(C)C)nc(NC(C)C)n1. The molecular formula is C25H30ClF3N6O4S. The van der Waals surface area contributed by atoms with Crippen LogP contribution < -0.4 is 20.1 Å². The van der Waals surface area contributed by atoms with Crippen molar-refractivity contribution in [2.45, 2.75) is 58.0 Å². The number of anilines is 2. The van der Waals surface area contributed by atoms with Crippen LogP contribution in [-0.4, -0.2) is 44.8 Å². The Hall–Kier alpha value is -3.52. The van der Waals surface area contributed by atoms with Crippen LogP contribution in [0.2, 0.25) is 5.02 Å². The van der Waals surface area contributed by atoms with E-state index < -0.39 is 16.7 Å². The number of hydrogen-bond donors (Lipinski definition) is 2. The molecule has 0 aliphatic heterocycles. The number of nitrogens with one attached hydrogen (secondary N) is 2. The molecule has 0 fully saturated rings. The molecule has 2 aromatic carbocycles. The maximum absolute atomic E-state index is 12.6. The summed E-state index contributed by atoms with van der Waals surface area (Å²) < 4.78 is 48.4. The van der Waals surface area contributed by atoms with Gasteiger partial charge in [-0.15, -0.1) is 0 Å². The van der Waals surface area contributed by atoms with Crippen molar-refractivity contribution in [3.8, 4) is 17.2 Å². The second-order valence-corrected chi connectivity index (χ2v) is 9.81. The molecule has 0 radical (unpaired) electrons. The fourth-order valence-corrected chi connectivity index (χ4v) is 3.53. The van der Waals surface area contributed by atoms with E-state index in [9.17, 15) is 23.3 Å². The minimum Gasteiger partial charge on any atom is -0.487 e. The summed E-state index contributed by atoms with van der Waals surface area (Å²) in [5.74, 6) is 1.37. The molecule has 3 aromatic rings. The van der Waals surface area contributed by atoms with E-state index in [4.69, 9.17) is 21.1 Å². The van der Waals surface area contributed by atoms with E-state index in [1.807, 2.05) is 6.26 Å². The highest BCUT2D eigenvalue weighted by atomic mass is 35.5. The molecule has 0 saturated heterocycles. The van der Waals surface area contributed by atoms with Crippen LogP contribution >= 0.6 is 23.4 Å². The summed E-state index contributed by atoms with van der Waals surface area (Å²) in [6.07, 6.45) is -2.56. The molecular weight excluding hydrogens is 573 g/mol. The number of nitro groups is 1. The van der Waals surface area contributed by atoms with E-state index in [0.29, 0.717) is 24.0 Å². The lowest BCUT2D eigenvalue weighted by Crippen LogP contribution is -2.17. The molecule has 1 aromatic heterocycles. The third-order valence-electron chi connectivity index (χ3n) is 4.55. The van der Waals surface area contributed by atoms with Crippen molar-refractivity contribution >= 4 is 40.9 Å². The molecule has 0 aliphatic carbocycles. The van der Waals surface area contributed by atoms with Crippen LogP contribution in [0.1, 0.15) is 40.2 Å². The normalized spacial score (nSPS) is 11.1. The lowest BCUT2D eigenvalue weighted by molar-refractivity contribution is -0.385. The highest BCUT2D eigenvalue weighted by Crippen LogP contribution is 2.38. The van der Waals surface area contributed by atoms with Gasteiger partial charge in [0.25, 0.3) is 0 Å². The Kier molecular flexibility index (Phi) is 12.1. The van der Waals surface area contributed by atoms with Gasteiger partial charge in [-0.3, -0.25) is 10.1 Å². The van der Waals surface area contributed by atoms with Crippen LogP contribution in [0.5, 0.6) is 17.2 Å². The third kappa shape index (κ3) is 10.2. The molecule has 10 nitrogen and oxygen atoms in total. The van der Waals surface area contributed by atoms with E-state index >= 15 is 0 Å². The average molecular weight is 603 g/mol. The summed E-state index contributed by atoms with van der Waals surface area (Å²) in [5.41, 5.74) is -1.15. The monoisotopic (exact) mass is 602 g/mol. The first-order valence-corrected chi connectivity index (χ1v) is 13.6. The Morgan fingerprint density at radius 1 is 1.00 bits per heavy atom. The molecule has 0 atom stereocenters. The second-order valence-electron chi connectivity index (χ2n) is 8.63. The summed E-state index contributed by atoms with van der Waals surface area (Å²) >= 11 is 7.31. The minimum absolute atomic E-state index is 0.0111. The van der Waals surface area contributed by atoms with Crippen molar-refractivity contribution in [2.24, 2.45) is 0 Å². The first-order chi connectivity index (χ1) is 18.7. The molecule has 218 valence electrons. The highest BCUT2D eigenvalue weighted by Gasteiger charge is 2.31. The van der Waals surface area contributed by atoms with Gasteiger partial charge < -0.3 is 20.1 Å². The van der Waals surface area contributed by atoms with Crippen molar-refractivity contribution in [3.05, 3.63) is 57.1 Å². The van der Waals surface area contributed by atoms with Crippen LogP contribution in [0.4, 0.5) is 30.8 Å². The van der Waals surface area contributed by atoms with Gasteiger partial charge in [0.1, 0.15) is 11.5 Å². The average Bonchev–Trinajstić information content (AvgIpc) is 2.84. The Morgan fingerprint density at radius 2 is 1.60 bits per heavy atom. The fraction of sp³-hybridized carbons (Fsp3) is 0.400. The second kappa shape index (κ2) is 14.7. The molecule has 1 heterocycles. The predicted octanol–water partition coefficient (Wildman–Crippen LogP) is 7.69. The van der Waals surface area contributed by atoms with Gasteiger partial charge in [-0.2, -0.15) is 28.1 Å². The Balaban J connectivity index is 0.000000305. The number of aromatic nitrogens is 3. The minimum atomic E-state index is -4.52. The lowest BCUT2D eigenvalue weighted by Gasteiger charge is -2.12. The highest BCUT2D eigenvalue weighted by molar-refractivity contribution is 7.98. The smallest absolute Gasteiger partial charge is 0.416 e. The summed E-state index contributed by atoms with van der Waals surface area (Å²) in [7, 11) is 0. The van der Waals surface area contributed by atoms with E-state index in [1.54, 1.807) is 6.92 Å². The van der Waals surface area contributed by atoms with Gasteiger partial charge in [0, 0.05) is 24.2 Å². The van der Waals surface area contributed by atoms with Crippen molar-refractivity contribution in [3.63, 3.8) is 0 Å². The first-order valence-electron chi connectivity index (χ1n) is 12.0. The van der Waals surface area contributed by atoms with Crippen molar-refractivity contribution in [1.82, 2.24) is 15.0 Å². The Morgan fingerprint density at radius 3 is 2.05 bits per heavy atom. The van der Waals surface area contributed by atoms with Crippen molar-refractivity contribution < 1.29 is 27.6 Å². The van der Waals surface area contributed by atoms with Gasteiger partial charge >= 0.3 is 11.9 Å². The number of alkyl halides is 3. The third-order valence-corrected chi connectivity index (χ3v) is 5.39. The maximum Gasteiger partial charge on any atom is 0.416 e. The molecule has 15 heteroatoms. The van der Waals surface area contributed by atoms with Gasteiger partial charge in [-0.05, 0) is 65.1 Å². The number of nitrogens with zero attached hydrogens (tertiary/aromatic N) is 4. The zero-order valence-corrected chi connectivity index (χ0v) is 24.2. The molecule has 3 rings (SSSR count). The molecule has 0 spiro atoms. The van der Waals surface area contributed by atoms with Crippen LogP contribution in [0, 0.1) is 10.1 Å². The standard InChI is InChI=1S/C15H11ClF3NO4.C10H19N5S/c1-2-23-14-8-10(4-5-12(14)20(21)22)24-13-6-3-9(7-11(13)16)15(17,18)19;1-6(2)11-8-13-9(12-7(3)4)15-10(14-8)16-5/h3-8H,2H2,1H3;6-7H,1-5H3,(H2,11,12,13,14,15). The van der Waals surface area contributed by atoms with Gasteiger partial charge in [0.2, 0.25) is 17.6 Å². The van der Waals surface area contributed by atoms with Gasteiger partial charge in [0.05, 0.1) is 22.1 Å². The van der Waals surface area contributed by atoms with E-state index in [2.05, 4.69) is 53.3 Å². The quantitative estimate of drug-likeness (QED) is 0.135. The predicted molar refractivity (Wildman–Crippen MR) is 150 cm³/mol. The van der Waals surface area contributed by atoms with Crippen molar-refractivity contribution in [1.29, 1.82) is 0 Å². The summed E-state index contributed by atoms with van der Waals surface area (Å²) in [6, 6.07) is 7.02. The molecule has 2 N–H and O–H groups in total. The number of thioether (sulfide) groups is 1. The molecule has 0 unspecified atom stereocenters. The van der Waals surface area contributed by atoms with Crippen LogP contribution in [-0.2, 0) is 6.18 Å². The van der Waals surface area contributed by atoms with Crippen LogP contribution in [0.3, 0.4) is 0 Å². The largest absolute Gasteiger partial charge is 0.487 e. The number of ether oxygens (including phenoxy) is 2. The maximum atomic E-state index is 12.6. The fourth-order valence-electron chi connectivity index (χ4n) is 2.96. The van der Waals surface area contributed by atoms with Gasteiger partial charge in [-0.25, -0.2) is 0 Å². The summed E-state index contributed by atoms with van der Waals surface area (Å²) in [5, 5.41) is 17.8. The van der Waals surface area contributed by atoms with E-state index in [0.717, 1.165) is 23.4 Å². The van der Waals surface area contributed by atoms with Crippen LogP contribution in [0.25, 0.3) is 0 Å².